The largest absolute Gasteiger partial charge is 0.468 e. The quantitative estimate of drug-likeness (QED) is 0.551. The summed E-state index contributed by atoms with van der Waals surface area (Å²) in [5.74, 6) is -0.245. The van der Waals surface area contributed by atoms with Gasteiger partial charge in [-0.2, -0.15) is 13.9 Å². The Morgan fingerprint density at radius 2 is 1.82 bits per heavy atom. The average molecular weight is 246 g/mol. The summed E-state index contributed by atoms with van der Waals surface area (Å²) in [6, 6.07) is 0. The van der Waals surface area contributed by atoms with Gasteiger partial charge in [0, 0.05) is 12.8 Å². The highest BCUT2D eigenvalue weighted by Crippen LogP contribution is 2.40. The standard InChI is InChI=1S/C10H17BF2N2O2/c1-9(2)10(3,4)17-11(16-9)7-5-14-15(6-7)8(12)13/h5,7-8H,6H2,1-4H3. The molecule has 2 aliphatic heterocycles. The van der Waals surface area contributed by atoms with Gasteiger partial charge in [0.25, 0.3) is 0 Å². The molecule has 1 saturated heterocycles. The molecule has 1 fully saturated rings. The van der Waals surface area contributed by atoms with E-state index in [4.69, 9.17) is 9.31 Å². The lowest BCUT2D eigenvalue weighted by Crippen LogP contribution is -2.41. The van der Waals surface area contributed by atoms with Gasteiger partial charge in [0.15, 0.2) is 0 Å². The van der Waals surface area contributed by atoms with Crippen LogP contribution in [-0.4, -0.2) is 42.6 Å². The molecule has 0 bridgehead atoms. The van der Waals surface area contributed by atoms with E-state index in [1.165, 1.54) is 6.21 Å². The van der Waals surface area contributed by atoms with E-state index in [9.17, 15) is 8.78 Å². The Labute approximate surface area is 100 Å². The molecule has 7 heteroatoms. The topological polar surface area (TPSA) is 34.1 Å². The Kier molecular flexibility index (Phi) is 2.94. The van der Waals surface area contributed by atoms with Gasteiger partial charge >= 0.3 is 13.7 Å². The van der Waals surface area contributed by atoms with Gasteiger partial charge in [0.1, 0.15) is 0 Å². The first-order chi connectivity index (χ1) is 7.73. The van der Waals surface area contributed by atoms with Crippen LogP contribution < -0.4 is 0 Å². The summed E-state index contributed by atoms with van der Waals surface area (Å²) >= 11 is 0. The van der Waals surface area contributed by atoms with Gasteiger partial charge in [-0.05, 0) is 27.7 Å². The van der Waals surface area contributed by atoms with Crippen molar-refractivity contribution in [2.75, 3.05) is 6.54 Å². The number of hydrogen-bond donors (Lipinski definition) is 0. The minimum atomic E-state index is -2.57. The summed E-state index contributed by atoms with van der Waals surface area (Å²) < 4.78 is 36.5. The van der Waals surface area contributed by atoms with Crippen LogP contribution in [0.15, 0.2) is 5.10 Å². The van der Waals surface area contributed by atoms with E-state index in [-0.39, 0.29) is 12.4 Å². The molecule has 0 radical (unpaired) electrons. The summed E-state index contributed by atoms with van der Waals surface area (Å²) in [5, 5.41) is 4.40. The minimum absolute atomic E-state index is 0.133. The average Bonchev–Trinajstić information content (AvgIpc) is 2.70. The van der Waals surface area contributed by atoms with Crippen LogP contribution in [0.25, 0.3) is 0 Å². The zero-order valence-corrected chi connectivity index (χ0v) is 10.5. The zero-order chi connectivity index (χ0) is 12.8. The first kappa shape index (κ1) is 12.8. The van der Waals surface area contributed by atoms with Crippen molar-refractivity contribution < 1.29 is 18.1 Å². The molecule has 2 heterocycles. The smallest absolute Gasteiger partial charge is 0.403 e. The molecule has 0 aromatic rings. The van der Waals surface area contributed by atoms with Gasteiger partial charge in [-0.15, -0.1) is 0 Å². The van der Waals surface area contributed by atoms with Crippen LogP contribution >= 0.6 is 0 Å². The predicted molar refractivity (Wildman–Crippen MR) is 61.0 cm³/mol. The van der Waals surface area contributed by atoms with E-state index in [1.54, 1.807) is 0 Å². The summed E-state index contributed by atoms with van der Waals surface area (Å²) in [7, 11) is -0.507. The van der Waals surface area contributed by atoms with Crippen molar-refractivity contribution in [1.29, 1.82) is 0 Å². The first-order valence-electron chi connectivity index (χ1n) is 5.67. The monoisotopic (exact) mass is 246 g/mol. The van der Waals surface area contributed by atoms with Gasteiger partial charge in [0.2, 0.25) is 0 Å². The van der Waals surface area contributed by atoms with E-state index >= 15 is 0 Å². The molecule has 0 amide bonds. The third-order valence-electron chi connectivity index (χ3n) is 3.65. The van der Waals surface area contributed by atoms with E-state index < -0.39 is 24.9 Å². The lowest BCUT2D eigenvalue weighted by molar-refractivity contribution is -0.0186. The van der Waals surface area contributed by atoms with Crippen molar-refractivity contribution in [2.24, 2.45) is 5.10 Å². The molecule has 1 unspecified atom stereocenters. The Morgan fingerprint density at radius 3 is 2.24 bits per heavy atom. The molecule has 2 rings (SSSR count). The maximum Gasteiger partial charge on any atom is 0.468 e. The molecule has 4 nitrogen and oxygen atoms in total. The van der Waals surface area contributed by atoms with Crippen LogP contribution in [0.4, 0.5) is 8.78 Å². The minimum Gasteiger partial charge on any atom is -0.403 e. The fourth-order valence-electron chi connectivity index (χ4n) is 1.83. The molecule has 2 aliphatic rings. The van der Waals surface area contributed by atoms with Crippen LogP contribution in [0, 0.1) is 0 Å². The molecule has 0 spiro atoms. The van der Waals surface area contributed by atoms with Crippen molar-refractivity contribution in [3.63, 3.8) is 0 Å². The number of nitrogens with zero attached hydrogens (tertiary/aromatic N) is 2. The van der Waals surface area contributed by atoms with E-state index in [0.717, 1.165) is 5.01 Å². The van der Waals surface area contributed by atoms with Gasteiger partial charge in [0.05, 0.1) is 17.0 Å². The molecule has 0 aromatic heterocycles. The molecule has 0 aromatic carbocycles. The lowest BCUT2D eigenvalue weighted by atomic mass is 9.73. The number of halogens is 2. The highest BCUT2D eigenvalue weighted by atomic mass is 19.3. The third-order valence-corrected chi connectivity index (χ3v) is 3.65. The van der Waals surface area contributed by atoms with Crippen molar-refractivity contribution >= 4 is 13.3 Å². The van der Waals surface area contributed by atoms with Gasteiger partial charge in [-0.3, -0.25) is 0 Å². The van der Waals surface area contributed by atoms with Crippen molar-refractivity contribution in [2.45, 2.75) is 51.3 Å². The summed E-state index contributed by atoms with van der Waals surface area (Å²) in [6.45, 7) is 5.30. The Bertz CT molecular complexity index is 320. The fraction of sp³-hybridized carbons (Fsp3) is 0.900. The van der Waals surface area contributed by atoms with Gasteiger partial charge in [-0.25, -0.2) is 5.01 Å². The van der Waals surface area contributed by atoms with E-state index in [0.29, 0.717) is 0 Å². The second-order valence-corrected chi connectivity index (χ2v) is 5.45. The highest BCUT2D eigenvalue weighted by molar-refractivity contribution is 6.52. The van der Waals surface area contributed by atoms with Crippen LogP contribution in [-0.2, 0) is 9.31 Å². The Morgan fingerprint density at radius 1 is 1.29 bits per heavy atom. The normalized spacial score (nSPS) is 30.6. The van der Waals surface area contributed by atoms with E-state index in [1.807, 2.05) is 27.7 Å². The first-order valence-corrected chi connectivity index (χ1v) is 5.67. The summed E-state index contributed by atoms with van der Waals surface area (Å²) in [6.07, 6.45) is 1.48. The number of rotatable bonds is 2. The Balaban J connectivity index is 2.02. The number of hydrazone groups is 1. The summed E-state index contributed by atoms with van der Waals surface area (Å²) in [5.41, 5.74) is -0.881. The lowest BCUT2D eigenvalue weighted by Gasteiger charge is -2.32. The predicted octanol–water partition coefficient (Wildman–Crippen LogP) is 1.97. The zero-order valence-electron chi connectivity index (χ0n) is 10.5. The molecular formula is C10H17BF2N2O2. The molecule has 17 heavy (non-hydrogen) atoms. The number of alkyl halides is 2. The van der Waals surface area contributed by atoms with Crippen LogP contribution in [0.1, 0.15) is 27.7 Å². The maximum absolute atomic E-state index is 12.4. The second kappa shape index (κ2) is 3.91. The maximum atomic E-state index is 12.4. The van der Waals surface area contributed by atoms with Crippen molar-refractivity contribution in [1.82, 2.24) is 5.01 Å². The highest BCUT2D eigenvalue weighted by Gasteiger charge is 2.54. The second-order valence-electron chi connectivity index (χ2n) is 5.45. The van der Waals surface area contributed by atoms with Crippen LogP contribution in [0.3, 0.4) is 0 Å². The van der Waals surface area contributed by atoms with Gasteiger partial charge < -0.3 is 9.31 Å². The van der Waals surface area contributed by atoms with Crippen LogP contribution in [0.5, 0.6) is 0 Å². The number of hydrogen-bond acceptors (Lipinski definition) is 4. The van der Waals surface area contributed by atoms with Crippen molar-refractivity contribution in [3.05, 3.63) is 0 Å². The fourth-order valence-corrected chi connectivity index (χ4v) is 1.83. The molecule has 0 aliphatic carbocycles. The van der Waals surface area contributed by atoms with Crippen molar-refractivity contribution in [3.8, 4) is 0 Å². The Hall–Kier alpha value is -0.685. The molecule has 0 N–H and O–H groups in total. The molecule has 1 atom stereocenters. The molecular weight excluding hydrogens is 229 g/mol. The molecule has 96 valence electrons. The SMILES string of the molecule is CC1(C)OB(C2C=NN(C(F)F)C2)OC1(C)C. The molecule has 0 saturated carbocycles. The van der Waals surface area contributed by atoms with Crippen LogP contribution in [0.2, 0.25) is 5.82 Å². The van der Waals surface area contributed by atoms with E-state index in [2.05, 4.69) is 5.10 Å². The third kappa shape index (κ3) is 2.18. The summed E-state index contributed by atoms with van der Waals surface area (Å²) in [4.78, 5) is 0. The van der Waals surface area contributed by atoms with Gasteiger partial charge in [-0.1, -0.05) is 0 Å².